The van der Waals surface area contributed by atoms with Gasteiger partial charge >= 0.3 is 0 Å². The predicted molar refractivity (Wildman–Crippen MR) is 58.5 cm³/mol. The third-order valence-corrected chi connectivity index (χ3v) is 1.79. The zero-order chi connectivity index (χ0) is 10.6. The van der Waals surface area contributed by atoms with E-state index in [1.807, 2.05) is 0 Å². The van der Waals surface area contributed by atoms with E-state index in [9.17, 15) is 4.79 Å². The topological polar surface area (TPSA) is 79.2 Å². The van der Waals surface area contributed by atoms with Crippen LogP contribution in [0.2, 0.25) is 0 Å². The Morgan fingerprint density at radius 1 is 1.07 bits per heavy atom. The van der Waals surface area contributed by atoms with Gasteiger partial charge in [0.2, 0.25) is 5.91 Å². The number of nitrogens with two attached hydrogens (primary N) is 1. The minimum absolute atomic E-state index is 0.0258. The summed E-state index contributed by atoms with van der Waals surface area (Å²) in [5.74, 6) is -0.104. The zero-order valence-electron chi connectivity index (χ0n) is 8.31. The van der Waals surface area contributed by atoms with Gasteiger partial charge < -0.3 is 21.7 Å². The van der Waals surface area contributed by atoms with Gasteiger partial charge in [-0.25, -0.2) is 0 Å². The maximum atomic E-state index is 10.7. The summed E-state index contributed by atoms with van der Waals surface area (Å²) in [7, 11) is 0. The van der Waals surface area contributed by atoms with Crippen molar-refractivity contribution in [2.45, 2.75) is 0 Å². The van der Waals surface area contributed by atoms with Crippen LogP contribution >= 0.6 is 11.6 Å². The van der Waals surface area contributed by atoms with Crippen LogP contribution in [0.3, 0.4) is 0 Å². The van der Waals surface area contributed by atoms with Crippen molar-refractivity contribution in [1.29, 1.82) is 0 Å². The van der Waals surface area contributed by atoms with E-state index in [2.05, 4.69) is 16.0 Å². The van der Waals surface area contributed by atoms with Crippen LogP contribution in [0.1, 0.15) is 0 Å². The molecule has 0 heterocycles. The zero-order valence-corrected chi connectivity index (χ0v) is 9.07. The molecule has 6 heteroatoms. The monoisotopic (exact) mass is 222 g/mol. The largest absolute Gasteiger partial charge is 0.354 e. The molecule has 5 nitrogen and oxygen atoms in total. The fourth-order valence-corrected chi connectivity index (χ4v) is 0.961. The second-order valence-corrected chi connectivity index (χ2v) is 3.04. The molecule has 0 aliphatic rings. The highest BCUT2D eigenvalue weighted by Crippen LogP contribution is 1.72. The van der Waals surface area contributed by atoms with Crippen molar-refractivity contribution in [3.05, 3.63) is 0 Å². The second-order valence-electron chi connectivity index (χ2n) is 2.77. The minimum Gasteiger partial charge on any atom is -0.354 e. The Morgan fingerprint density at radius 3 is 2.21 bits per heavy atom. The molecule has 14 heavy (non-hydrogen) atoms. The second kappa shape index (κ2) is 10.7. The molecule has 0 atom stereocenters. The lowest BCUT2D eigenvalue weighted by atomic mass is 10.5. The van der Waals surface area contributed by atoms with Gasteiger partial charge in [0.25, 0.3) is 0 Å². The molecule has 0 bridgehead atoms. The van der Waals surface area contributed by atoms with Crippen LogP contribution < -0.4 is 21.7 Å². The first kappa shape index (κ1) is 13.6. The molecule has 0 fully saturated rings. The Bertz CT molecular complexity index is 145. The summed E-state index contributed by atoms with van der Waals surface area (Å²) in [6.07, 6.45) is 0. The van der Waals surface area contributed by atoms with Crippen LogP contribution in [0.25, 0.3) is 0 Å². The SMILES string of the molecule is NCCNCCNCCNC(=O)CCl. The van der Waals surface area contributed by atoms with E-state index in [0.29, 0.717) is 13.1 Å². The maximum absolute atomic E-state index is 10.7. The number of hydrogen-bond acceptors (Lipinski definition) is 4. The molecule has 0 aromatic rings. The quantitative estimate of drug-likeness (QED) is 0.282. The Labute approximate surface area is 89.7 Å². The molecule has 0 saturated heterocycles. The van der Waals surface area contributed by atoms with Crippen LogP contribution in [0.15, 0.2) is 0 Å². The van der Waals surface area contributed by atoms with E-state index >= 15 is 0 Å². The van der Waals surface area contributed by atoms with Crippen molar-refractivity contribution in [2.75, 3.05) is 45.1 Å². The molecule has 0 spiro atoms. The molecule has 0 aliphatic carbocycles. The van der Waals surface area contributed by atoms with Gasteiger partial charge in [-0.05, 0) is 0 Å². The Hall–Kier alpha value is -0.360. The molecule has 0 saturated carbocycles. The van der Waals surface area contributed by atoms with Crippen molar-refractivity contribution in [2.24, 2.45) is 5.73 Å². The van der Waals surface area contributed by atoms with Gasteiger partial charge in [-0.15, -0.1) is 11.6 Å². The van der Waals surface area contributed by atoms with E-state index < -0.39 is 0 Å². The summed E-state index contributed by atoms with van der Waals surface area (Å²) in [5.41, 5.74) is 5.30. The van der Waals surface area contributed by atoms with Gasteiger partial charge in [-0.1, -0.05) is 0 Å². The summed E-state index contributed by atoms with van der Waals surface area (Å²) >= 11 is 5.30. The molecular formula is C8H19ClN4O. The Morgan fingerprint density at radius 2 is 1.64 bits per heavy atom. The third-order valence-electron chi connectivity index (χ3n) is 1.54. The van der Waals surface area contributed by atoms with Crippen molar-refractivity contribution in [3.8, 4) is 0 Å². The molecule has 0 aliphatic heterocycles. The van der Waals surface area contributed by atoms with Crippen LogP contribution in [0.4, 0.5) is 0 Å². The predicted octanol–water partition coefficient (Wildman–Crippen LogP) is -1.52. The lowest BCUT2D eigenvalue weighted by Gasteiger charge is -2.06. The summed E-state index contributed by atoms with van der Waals surface area (Å²) < 4.78 is 0. The first-order valence-corrected chi connectivity index (χ1v) is 5.29. The van der Waals surface area contributed by atoms with Gasteiger partial charge in [0.15, 0.2) is 0 Å². The van der Waals surface area contributed by atoms with Crippen LogP contribution in [-0.4, -0.2) is 51.1 Å². The molecule has 0 aromatic heterocycles. The Kier molecular flexibility index (Phi) is 10.4. The van der Waals surface area contributed by atoms with E-state index in [4.69, 9.17) is 17.3 Å². The number of carbonyl (C=O) groups is 1. The molecule has 0 aromatic carbocycles. The normalized spacial score (nSPS) is 10.1. The first-order chi connectivity index (χ1) is 6.81. The highest BCUT2D eigenvalue weighted by atomic mass is 35.5. The number of alkyl halides is 1. The van der Waals surface area contributed by atoms with E-state index in [-0.39, 0.29) is 11.8 Å². The summed E-state index contributed by atoms with van der Waals surface area (Å²) in [6.45, 7) is 4.63. The van der Waals surface area contributed by atoms with Gasteiger partial charge in [0.1, 0.15) is 5.88 Å². The molecule has 0 rings (SSSR count). The van der Waals surface area contributed by atoms with Gasteiger partial charge in [-0.3, -0.25) is 4.79 Å². The standard InChI is InChI=1S/C8H19ClN4O/c9-7-8(14)13-6-5-12-4-3-11-2-1-10/h11-12H,1-7,10H2,(H,13,14). The molecule has 5 N–H and O–H groups in total. The third kappa shape index (κ3) is 9.73. The fourth-order valence-electron chi connectivity index (χ4n) is 0.866. The van der Waals surface area contributed by atoms with Crippen molar-refractivity contribution >= 4 is 17.5 Å². The highest BCUT2D eigenvalue weighted by molar-refractivity contribution is 6.27. The average Bonchev–Trinajstić information content (AvgIpc) is 2.21. The molecule has 84 valence electrons. The van der Waals surface area contributed by atoms with Gasteiger partial charge in [0.05, 0.1) is 0 Å². The number of amides is 1. The number of rotatable bonds is 9. The van der Waals surface area contributed by atoms with Gasteiger partial charge in [0, 0.05) is 39.3 Å². The smallest absolute Gasteiger partial charge is 0.234 e. The lowest BCUT2D eigenvalue weighted by molar-refractivity contribution is -0.118. The minimum atomic E-state index is -0.130. The van der Waals surface area contributed by atoms with E-state index in [1.54, 1.807) is 0 Å². The first-order valence-electron chi connectivity index (χ1n) is 4.75. The van der Waals surface area contributed by atoms with Crippen molar-refractivity contribution in [3.63, 3.8) is 0 Å². The highest BCUT2D eigenvalue weighted by Gasteiger charge is 1.95. The van der Waals surface area contributed by atoms with Crippen molar-refractivity contribution < 1.29 is 4.79 Å². The average molecular weight is 223 g/mol. The summed E-state index contributed by atoms with van der Waals surface area (Å²) in [6, 6.07) is 0. The summed E-state index contributed by atoms with van der Waals surface area (Å²) in [4.78, 5) is 10.7. The lowest BCUT2D eigenvalue weighted by Crippen LogP contribution is -2.36. The van der Waals surface area contributed by atoms with Gasteiger partial charge in [-0.2, -0.15) is 0 Å². The molecule has 1 amide bonds. The fraction of sp³-hybridized carbons (Fsp3) is 0.875. The number of halogens is 1. The molecule has 0 unspecified atom stereocenters. The number of nitrogens with one attached hydrogen (secondary N) is 3. The number of hydrogen-bond donors (Lipinski definition) is 4. The van der Waals surface area contributed by atoms with E-state index in [1.165, 1.54) is 0 Å². The summed E-state index contributed by atoms with van der Waals surface area (Å²) in [5, 5.41) is 8.97. The van der Waals surface area contributed by atoms with E-state index in [0.717, 1.165) is 26.2 Å². The van der Waals surface area contributed by atoms with Crippen LogP contribution in [0, 0.1) is 0 Å². The van der Waals surface area contributed by atoms with Crippen LogP contribution in [0.5, 0.6) is 0 Å². The molecular weight excluding hydrogens is 204 g/mol. The van der Waals surface area contributed by atoms with Crippen LogP contribution in [-0.2, 0) is 4.79 Å². The molecule has 0 radical (unpaired) electrons. The Balaban J connectivity index is 2.95. The maximum Gasteiger partial charge on any atom is 0.234 e. The number of carbonyl (C=O) groups excluding carboxylic acids is 1. The van der Waals surface area contributed by atoms with Crippen molar-refractivity contribution in [1.82, 2.24) is 16.0 Å².